The molecule has 2 heterocycles. The number of hydrogen-bond donors (Lipinski definition) is 0. The van der Waals surface area contributed by atoms with Gasteiger partial charge >= 0.3 is 0 Å². The summed E-state index contributed by atoms with van der Waals surface area (Å²) in [5.41, 5.74) is 0. The van der Waals surface area contributed by atoms with Gasteiger partial charge < -0.3 is 4.90 Å². The van der Waals surface area contributed by atoms with Crippen LogP contribution in [0.15, 0.2) is 9.39 Å². The molecule has 11 heavy (non-hydrogen) atoms. The summed E-state index contributed by atoms with van der Waals surface area (Å²) in [5, 5.41) is 1.09. The number of nitrogens with zero attached hydrogens (tertiary/aromatic N) is 3. The maximum Gasteiger partial charge on any atom is 0.187 e. The topological polar surface area (TPSA) is 28.0 Å². The molecule has 0 saturated carbocycles. The fourth-order valence-corrected chi connectivity index (χ4v) is 2.19. The lowest BCUT2D eigenvalue weighted by Crippen LogP contribution is -2.31. The van der Waals surface area contributed by atoms with Crippen molar-refractivity contribution in [3.8, 4) is 0 Å². The Balaban J connectivity index is 2.20. The van der Waals surface area contributed by atoms with E-state index in [1.807, 2.05) is 0 Å². The van der Waals surface area contributed by atoms with Crippen molar-refractivity contribution in [3.05, 3.63) is 0 Å². The first-order valence-corrected chi connectivity index (χ1v) is 4.63. The van der Waals surface area contributed by atoms with Gasteiger partial charge in [-0.25, -0.2) is 0 Å². The molecule has 0 amide bonds. The van der Waals surface area contributed by atoms with Crippen LogP contribution in [0.2, 0.25) is 0 Å². The Bertz CT molecular complexity index is 232. The van der Waals surface area contributed by atoms with E-state index in [1.165, 1.54) is 17.8 Å². The van der Waals surface area contributed by atoms with Crippen LogP contribution in [-0.4, -0.2) is 29.0 Å². The molecule has 0 atom stereocenters. The van der Waals surface area contributed by atoms with E-state index in [-0.39, 0.29) is 0 Å². The molecule has 60 valence electrons. The van der Waals surface area contributed by atoms with Gasteiger partial charge in [-0.15, -0.1) is 0 Å². The molecule has 0 spiro atoms. The normalized spacial score (nSPS) is 22.3. The van der Waals surface area contributed by atoms with Crippen LogP contribution in [0.4, 0.5) is 0 Å². The summed E-state index contributed by atoms with van der Waals surface area (Å²) in [4.78, 5) is 6.54. The van der Waals surface area contributed by atoms with Gasteiger partial charge in [0.05, 0.1) is 18.5 Å². The molecule has 0 aromatic rings. The van der Waals surface area contributed by atoms with Crippen molar-refractivity contribution < 1.29 is 0 Å². The van der Waals surface area contributed by atoms with Gasteiger partial charge in [0, 0.05) is 12.5 Å². The van der Waals surface area contributed by atoms with Crippen molar-refractivity contribution in [2.75, 3.05) is 13.1 Å². The highest BCUT2D eigenvalue weighted by atomic mass is 32.2. The predicted molar refractivity (Wildman–Crippen MR) is 48.9 cm³/mol. The maximum atomic E-state index is 4.35. The molecule has 0 saturated heterocycles. The van der Waals surface area contributed by atoms with Gasteiger partial charge in [0.25, 0.3) is 0 Å². The van der Waals surface area contributed by atoms with E-state index >= 15 is 0 Å². The first-order valence-electron chi connectivity index (χ1n) is 3.86. The number of hydrogen-bond acceptors (Lipinski definition) is 4. The molecule has 0 aromatic carbocycles. The molecule has 0 fully saturated rings. The molecule has 0 aromatic heterocycles. The second-order valence-electron chi connectivity index (χ2n) is 3.01. The van der Waals surface area contributed by atoms with Crippen LogP contribution in [0.3, 0.4) is 0 Å². The minimum Gasteiger partial charge on any atom is -0.305 e. The quantitative estimate of drug-likeness (QED) is 0.555. The maximum absolute atomic E-state index is 4.35. The molecule has 2 aliphatic heterocycles. The van der Waals surface area contributed by atoms with E-state index in [1.54, 1.807) is 0 Å². The molecule has 0 aliphatic carbocycles. The molecular formula is C7H11N3S. The van der Waals surface area contributed by atoms with Gasteiger partial charge in [-0.1, -0.05) is 13.8 Å². The summed E-state index contributed by atoms with van der Waals surface area (Å²) in [6, 6.07) is 0. The average molecular weight is 169 g/mol. The molecule has 0 unspecified atom stereocenters. The highest BCUT2D eigenvalue weighted by Crippen LogP contribution is 2.26. The van der Waals surface area contributed by atoms with Crippen molar-refractivity contribution >= 4 is 23.0 Å². The molecule has 3 nitrogen and oxygen atoms in total. The largest absolute Gasteiger partial charge is 0.305 e. The van der Waals surface area contributed by atoms with E-state index in [2.05, 4.69) is 28.1 Å². The number of fused-ring (bicyclic) bond motifs is 1. The minimum atomic E-state index is 0.522. The van der Waals surface area contributed by atoms with Crippen molar-refractivity contribution in [3.63, 3.8) is 0 Å². The number of rotatable bonds is 1. The van der Waals surface area contributed by atoms with Crippen LogP contribution in [0.5, 0.6) is 0 Å². The zero-order valence-electron chi connectivity index (χ0n) is 6.74. The summed E-state index contributed by atoms with van der Waals surface area (Å²) in [5.74, 6) is 1.71. The Morgan fingerprint density at radius 3 is 3.09 bits per heavy atom. The van der Waals surface area contributed by atoms with E-state index in [4.69, 9.17) is 0 Å². The smallest absolute Gasteiger partial charge is 0.187 e. The van der Waals surface area contributed by atoms with Crippen LogP contribution >= 0.6 is 11.9 Å². The van der Waals surface area contributed by atoms with Crippen molar-refractivity contribution in [2.45, 2.75) is 13.8 Å². The number of aliphatic imine (C=N–C) groups is 1. The standard InChI is InChI=1S/C7H11N3S/c1-5(2)6-9-11-7-8-3-4-10(6)7/h5H,3-4H2,1-2H3. The Labute approximate surface area is 70.7 Å². The summed E-state index contributed by atoms with van der Waals surface area (Å²) < 4.78 is 4.35. The zero-order chi connectivity index (χ0) is 7.84. The third-order valence-corrected chi connectivity index (χ3v) is 2.61. The fraction of sp³-hybridized carbons (Fsp3) is 0.714. The fourth-order valence-electron chi connectivity index (χ4n) is 1.27. The van der Waals surface area contributed by atoms with Crippen molar-refractivity contribution in [2.24, 2.45) is 15.3 Å². The number of amidine groups is 2. The van der Waals surface area contributed by atoms with Gasteiger partial charge in [0.2, 0.25) is 0 Å². The minimum absolute atomic E-state index is 0.522. The first-order chi connectivity index (χ1) is 5.29. The Hall–Kier alpha value is -0.510. The lowest BCUT2D eigenvalue weighted by Gasteiger charge is -2.15. The van der Waals surface area contributed by atoms with Crippen molar-refractivity contribution in [1.82, 2.24) is 4.90 Å². The molecule has 0 bridgehead atoms. The van der Waals surface area contributed by atoms with Crippen LogP contribution in [0.25, 0.3) is 0 Å². The third-order valence-electron chi connectivity index (χ3n) is 1.82. The van der Waals surface area contributed by atoms with Crippen LogP contribution < -0.4 is 0 Å². The Kier molecular flexibility index (Phi) is 1.64. The predicted octanol–water partition coefficient (Wildman–Crippen LogP) is 1.37. The Morgan fingerprint density at radius 2 is 2.36 bits per heavy atom. The first kappa shape index (κ1) is 7.16. The molecule has 0 radical (unpaired) electrons. The Morgan fingerprint density at radius 1 is 1.55 bits per heavy atom. The molecule has 2 rings (SSSR count). The van der Waals surface area contributed by atoms with Gasteiger partial charge in [0.15, 0.2) is 5.17 Å². The summed E-state index contributed by atoms with van der Waals surface area (Å²) in [6.45, 7) is 6.30. The average Bonchev–Trinajstić information content (AvgIpc) is 2.41. The summed E-state index contributed by atoms with van der Waals surface area (Å²) >= 11 is 1.51. The SMILES string of the molecule is CC(C)C1=NSC2=NCCN21. The van der Waals surface area contributed by atoms with E-state index < -0.39 is 0 Å². The van der Waals surface area contributed by atoms with Gasteiger partial charge in [-0.2, -0.15) is 4.40 Å². The second kappa shape index (κ2) is 2.52. The highest BCUT2D eigenvalue weighted by molar-refractivity contribution is 8.13. The van der Waals surface area contributed by atoms with Crippen LogP contribution in [0.1, 0.15) is 13.8 Å². The highest BCUT2D eigenvalue weighted by Gasteiger charge is 2.29. The van der Waals surface area contributed by atoms with Gasteiger partial charge in [0.1, 0.15) is 5.84 Å². The lowest BCUT2D eigenvalue weighted by atomic mass is 10.2. The molecular weight excluding hydrogens is 158 g/mol. The zero-order valence-corrected chi connectivity index (χ0v) is 7.56. The van der Waals surface area contributed by atoms with E-state index in [0.717, 1.165) is 18.3 Å². The molecule has 0 N–H and O–H groups in total. The third kappa shape index (κ3) is 1.05. The molecule has 4 heteroatoms. The summed E-state index contributed by atoms with van der Waals surface area (Å²) in [7, 11) is 0. The van der Waals surface area contributed by atoms with Crippen LogP contribution in [-0.2, 0) is 0 Å². The van der Waals surface area contributed by atoms with E-state index in [9.17, 15) is 0 Å². The second-order valence-corrected chi connectivity index (χ2v) is 3.74. The summed E-state index contributed by atoms with van der Waals surface area (Å²) in [6.07, 6.45) is 0. The van der Waals surface area contributed by atoms with Crippen LogP contribution in [0, 0.1) is 5.92 Å². The van der Waals surface area contributed by atoms with E-state index in [0.29, 0.717) is 5.92 Å². The molecule has 2 aliphatic rings. The van der Waals surface area contributed by atoms with Crippen molar-refractivity contribution in [1.29, 1.82) is 0 Å². The van der Waals surface area contributed by atoms with Gasteiger partial charge in [-0.05, 0) is 0 Å². The van der Waals surface area contributed by atoms with Gasteiger partial charge in [-0.3, -0.25) is 4.99 Å². The monoisotopic (exact) mass is 169 g/mol. The lowest BCUT2D eigenvalue weighted by molar-refractivity contribution is 0.629.